The van der Waals surface area contributed by atoms with E-state index < -0.39 is 0 Å². The van der Waals surface area contributed by atoms with Crippen LogP contribution in [0.15, 0.2) is 88.1 Å². The largest absolute Gasteiger partial charge is 0.493 e. The molecular formula is C26H23NO5. The number of ether oxygens (including phenoxy) is 2. The van der Waals surface area contributed by atoms with Crippen LogP contribution in [0.1, 0.15) is 21.7 Å². The number of benzene rings is 3. The summed E-state index contributed by atoms with van der Waals surface area (Å²) in [5.74, 6) is 0.827. The number of methoxy groups -OCH3 is 1. The van der Waals surface area contributed by atoms with E-state index in [4.69, 9.17) is 13.9 Å². The molecule has 1 heterocycles. The molecule has 0 aliphatic rings. The van der Waals surface area contributed by atoms with Crippen LogP contribution in [0.4, 0.5) is 0 Å². The van der Waals surface area contributed by atoms with Gasteiger partial charge in [0, 0.05) is 19.7 Å². The van der Waals surface area contributed by atoms with Crippen LogP contribution < -0.4 is 14.9 Å². The van der Waals surface area contributed by atoms with Gasteiger partial charge in [-0.05, 0) is 35.4 Å². The third-order valence-electron chi connectivity index (χ3n) is 5.08. The van der Waals surface area contributed by atoms with Crippen LogP contribution in [-0.2, 0) is 13.2 Å². The molecule has 0 atom stereocenters. The maximum absolute atomic E-state index is 12.9. The molecule has 1 amide bonds. The first-order chi connectivity index (χ1) is 15.5. The lowest BCUT2D eigenvalue weighted by molar-refractivity contribution is 0.0754. The number of fused-ring (bicyclic) bond motifs is 1. The lowest BCUT2D eigenvalue weighted by atomic mass is 10.1. The molecule has 0 unspecified atom stereocenters. The quantitative estimate of drug-likeness (QED) is 0.428. The summed E-state index contributed by atoms with van der Waals surface area (Å²) in [5, 5.41) is 0.447. The van der Waals surface area contributed by atoms with E-state index in [1.165, 1.54) is 11.0 Å². The monoisotopic (exact) mass is 429 g/mol. The van der Waals surface area contributed by atoms with Gasteiger partial charge >= 0.3 is 0 Å². The van der Waals surface area contributed by atoms with Crippen LogP contribution >= 0.6 is 0 Å². The minimum atomic E-state index is -0.378. The molecule has 0 N–H and O–H groups in total. The summed E-state index contributed by atoms with van der Waals surface area (Å²) in [5.41, 5.74) is 2.05. The SMILES string of the molecule is COc1cc(CN(C)C(=O)c2cc(=O)c3ccccc3o2)ccc1OCc1ccccc1. The Balaban J connectivity index is 1.48. The van der Waals surface area contributed by atoms with Gasteiger partial charge in [0.25, 0.3) is 5.91 Å². The molecule has 32 heavy (non-hydrogen) atoms. The highest BCUT2D eigenvalue weighted by Gasteiger charge is 2.18. The maximum atomic E-state index is 12.9. The van der Waals surface area contributed by atoms with E-state index in [1.807, 2.05) is 48.5 Å². The van der Waals surface area contributed by atoms with Gasteiger partial charge < -0.3 is 18.8 Å². The summed E-state index contributed by atoms with van der Waals surface area (Å²) in [4.78, 5) is 26.7. The highest BCUT2D eigenvalue weighted by atomic mass is 16.5. The fourth-order valence-electron chi connectivity index (χ4n) is 3.41. The number of hydrogen-bond acceptors (Lipinski definition) is 5. The Morgan fingerprint density at radius 3 is 2.44 bits per heavy atom. The van der Waals surface area contributed by atoms with Crippen LogP contribution in [0.25, 0.3) is 11.0 Å². The van der Waals surface area contributed by atoms with Gasteiger partial charge in [-0.2, -0.15) is 0 Å². The summed E-state index contributed by atoms with van der Waals surface area (Å²) in [6.45, 7) is 0.737. The molecule has 0 bridgehead atoms. The fraction of sp³-hybridized carbons (Fsp3) is 0.154. The number of carbonyl (C=O) groups excluding carboxylic acids is 1. The molecule has 3 aromatic carbocycles. The predicted molar refractivity (Wildman–Crippen MR) is 122 cm³/mol. The van der Waals surface area contributed by atoms with Gasteiger partial charge in [-0.15, -0.1) is 0 Å². The molecule has 0 radical (unpaired) electrons. The van der Waals surface area contributed by atoms with Gasteiger partial charge in [-0.3, -0.25) is 9.59 Å². The molecule has 0 fully saturated rings. The zero-order chi connectivity index (χ0) is 22.5. The molecule has 4 rings (SSSR count). The average molecular weight is 429 g/mol. The first-order valence-electron chi connectivity index (χ1n) is 10.2. The Hall–Kier alpha value is -4.06. The van der Waals surface area contributed by atoms with Crippen LogP contribution in [0, 0.1) is 0 Å². The first kappa shape index (κ1) is 21.2. The highest BCUT2D eigenvalue weighted by molar-refractivity contribution is 5.93. The van der Waals surface area contributed by atoms with Crippen molar-refractivity contribution in [3.05, 3.63) is 106 Å². The standard InChI is InChI=1S/C26H23NO5/c1-27(26(29)25-15-21(28)20-10-6-7-11-22(20)32-25)16-19-12-13-23(24(14-19)30-2)31-17-18-8-4-3-5-9-18/h3-15H,16-17H2,1-2H3. The smallest absolute Gasteiger partial charge is 0.289 e. The minimum absolute atomic E-state index is 0.00554. The lowest BCUT2D eigenvalue weighted by Crippen LogP contribution is -2.27. The summed E-state index contributed by atoms with van der Waals surface area (Å²) >= 11 is 0. The average Bonchev–Trinajstić information content (AvgIpc) is 2.83. The van der Waals surface area contributed by atoms with Crippen LogP contribution in [0.2, 0.25) is 0 Å². The molecule has 6 nitrogen and oxygen atoms in total. The Kier molecular flexibility index (Phi) is 6.22. The van der Waals surface area contributed by atoms with Gasteiger partial charge in [-0.1, -0.05) is 48.5 Å². The molecule has 0 aliphatic heterocycles. The van der Waals surface area contributed by atoms with E-state index in [9.17, 15) is 9.59 Å². The van der Waals surface area contributed by atoms with Gasteiger partial charge in [0.1, 0.15) is 12.2 Å². The van der Waals surface area contributed by atoms with Crippen molar-refractivity contribution in [2.24, 2.45) is 0 Å². The second-order valence-electron chi connectivity index (χ2n) is 7.39. The molecule has 0 saturated carbocycles. The minimum Gasteiger partial charge on any atom is -0.493 e. The van der Waals surface area contributed by atoms with Crippen LogP contribution in [0.5, 0.6) is 11.5 Å². The van der Waals surface area contributed by atoms with Crippen molar-refractivity contribution < 1.29 is 18.7 Å². The molecule has 0 spiro atoms. The van der Waals surface area contributed by atoms with E-state index in [2.05, 4.69) is 0 Å². The summed E-state index contributed by atoms with van der Waals surface area (Å²) < 4.78 is 17.0. The highest BCUT2D eigenvalue weighted by Crippen LogP contribution is 2.29. The molecule has 4 aromatic rings. The normalized spacial score (nSPS) is 10.7. The van der Waals surface area contributed by atoms with Crippen molar-refractivity contribution in [2.45, 2.75) is 13.2 Å². The van der Waals surface area contributed by atoms with Gasteiger partial charge in [0.05, 0.1) is 12.5 Å². The summed E-state index contributed by atoms with van der Waals surface area (Å²) in [6.07, 6.45) is 0. The molecule has 0 saturated heterocycles. The van der Waals surface area contributed by atoms with E-state index in [0.717, 1.165) is 11.1 Å². The molecular weight excluding hydrogens is 406 g/mol. The van der Waals surface area contributed by atoms with Crippen molar-refractivity contribution in [1.82, 2.24) is 4.90 Å². The third-order valence-corrected chi connectivity index (χ3v) is 5.08. The number of amides is 1. The number of carbonyl (C=O) groups is 1. The number of para-hydroxylation sites is 1. The van der Waals surface area contributed by atoms with Crippen molar-refractivity contribution in [1.29, 1.82) is 0 Å². The first-order valence-corrected chi connectivity index (χ1v) is 10.2. The Labute approximate surface area is 185 Å². The molecule has 6 heteroatoms. The Morgan fingerprint density at radius 1 is 0.906 bits per heavy atom. The van der Waals surface area contributed by atoms with Gasteiger partial charge in [-0.25, -0.2) is 0 Å². The van der Waals surface area contributed by atoms with E-state index in [1.54, 1.807) is 38.4 Å². The fourth-order valence-corrected chi connectivity index (χ4v) is 3.41. The van der Waals surface area contributed by atoms with Crippen LogP contribution in [-0.4, -0.2) is 25.0 Å². The Morgan fingerprint density at radius 2 is 1.66 bits per heavy atom. The number of rotatable bonds is 7. The lowest BCUT2D eigenvalue weighted by Gasteiger charge is -2.18. The van der Waals surface area contributed by atoms with Crippen LogP contribution in [0.3, 0.4) is 0 Å². The van der Waals surface area contributed by atoms with E-state index in [-0.39, 0.29) is 17.1 Å². The topological polar surface area (TPSA) is 69.0 Å². The van der Waals surface area contributed by atoms with E-state index in [0.29, 0.717) is 35.6 Å². The van der Waals surface area contributed by atoms with Gasteiger partial charge in [0.2, 0.25) is 0 Å². The van der Waals surface area contributed by atoms with Crippen molar-refractivity contribution in [3.8, 4) is 11.5 Å². The molecule has 1 aromatic heterocycles. The third kappa shape index (κ3) is 4.64. The second-order valence-corrected chi connectivity index (χ2v) is 7.39. The Bertz CT molecular complexity index is 1300. The summed E-state index contributed by atoms with van der Waals surface area (Å²) in [6, 6.07) is 23.5. The summed E-state index contributed by atoms with van der Waals surface area (Å²) in [7, 11) is 3.23. The van der Waals surface area contributed by atoms with Gasteiger partial charge in [0.15, 0.2) is 22.7 Å². The second kappa shape index (κ2) is 9.39. The molecule has 0 aliphatic carbocycles. The zero-order valence-corrected chi connectivity index (χ0v) is 17.9. The van der Waals surface area contributed by atoms with Crippen molar-refractivity contribution in [3.63, 3.8) is 0 Å². The van der Waals surface area contributed by atoms with E-state index >= 15 is 0 Å². The van der Waals surface area contributed by atoms with Crippen molar-refractivity contribution >= 4 is 16.9 Å². The maximum Gasteiger partial charge on any atom is 0.289 e. The number of hydrogen-bond donors (Lipinski definition) is 0. The number of nitrogens with zero attached hydrogens (tertiary/aromatic N) is 1. The zero-order valence-electron chi connectivity index (χ0n) is 17.9. The van der Waals surface area contributed by atoms with Crippen molar-refractivity contribution in [2.75, 3.05) is 14.2 Å². The molecule has 162 valence electrons. The predicted octanol–water partition coefficient (Wildman–Crippen LogP) is 4.65.